The van der Waals surface area contributed by atoms with E-state index >= 15 is 0 Å². The number of halogens is 3. The number of fused-ring (bicyclic) bond motifs is 3. The average Bonchev–Trinajstić information content (AvgIpc) is 2.90. The number of benzene rings is 1. The van der Waals surface area contributed by atoms with Crippen molar-refractivity contribution >= 4 is 11.2 Å². The van der Waals surface area contributed by atoms with Gasteiger partial charge >= 0.3 is 0 Å². The van der Waals surface area contributed by atoms with Gasteiger partial charge in [0, 0.05) is 25.1 Å². The van der Waals surface area contributed by atoms with Gasteiger partial charge in [0.25, 0.3) is 0 Å². The van der Waals surface area contributed by atoms with Crippen molar-refractivity contribution in [3.8, 4) is 0 Å². The summed E-state index contributed by atoms with van der Waals surface area (Å²) < 4.78 is 38.0. The maximum absolute atomic E-state index is 12.0. The van der Waals surface area contributed by atoms with E-state index in [4.69, 9.17) is 5.73 Å². The molecule has 1 aliphatic heterocycles. The summed E-state index contributed by atoms with van der Waals surface area (Å²) >= 11 is 0. The zero-order chi connectivity index (χ0) is 16.4. The summed E-state index contributed by atoms with van der Waals surface area (Å²) in [4.78, 5) is 4.42. The molecule has 4 rings (SSSR count). The number of aromatic nitrogens is 4. The lowest BCUT2D eigenvalue weighted by Crippen LogP contribution is -2.31. The molecule has 2 N–H and O–H groups in total. The normalized spacial score (nSPS) is 16.6. The Hall–Kier alpha value is -2.48. The highest BCUT2D eigenvalue weighted by Gasteiger charge is 2.19. The number of imidazole rings is 1. The van der Waals surface area contributed by atoms with Crippen LogP contribution in [-0.2, 0) is 13.0 Å². The summed E-state index contributed by atoms with van der Waals surface area (Å²) in [5, 5.41) is 7.81. The first-order valence-corrected chi connectivity index (χ1v) is 7.07. The predicted octanol–water partition coefficient (Wildman–Crippen LogP) is 2.20. The van der Waals surface area contributed by atoms with Crippen LogP contribution in [0.25, 0.3) is 11.2 Å². The molecule has 0 unspecified atom stereocenters. The largest absolute Gasteiger partial charge is 0.326 e. The van der Waals surface area contributed by atoms with Crippen LogP contribution in [0.2, 0.25) is 0 Å². The number of aryl methyl sites for hydroxylation is 1. The van der Waals surface area contributed by atoms with E-state index < -0.39 is 17.5 Å². The molecule has 120 valence electrons. The topological polar surface area (TPSA) is 69.6 Å². The molecule has 0 fully saturated rings. The summed E-state index contributed by atoms with van der Waals surface area (Å²) in [5.41, 5.74) is 7.69. The molecule has 0 saturated carbocycles. The van der Waals surface area contributed by atoms with Crippen LogP contribution in [0.3, 0.4) is 0 Å². The molecule has 0 spiro atoms. The molecule has 0 amide bonds. The summed E-state index contributed by atoms with van der Waals surface area (Å²) in [7, 11) is 0. The van der Waals surface area contributed by atoms with Crippen molar-refractivity contribution in [2.24, 2.45) is 5.73 Å². The molecule has 0 saturated heterocycles. The van der Waals surface area contributed by atoms with Gasteiger partial charge in [-0.1, -0.05) is 0 Å². The van der Waals surface area contributed by atoms with Gasteiger partial charge in [-0.3, -0.25) is 0 Å². The first-order valence-electron chi connectivity index (χ1n) is 7.07. The van der Waals surface area contributed by atoms with E-state index in [0.717, 1.165) is 48.5 Å². The highest BCUT2D eigenvalue weighted by Crippen LogP contribution is 2.19. The third kappa shape index (κ3) is 3.31. The van der Waals surface area contributed by atoms with Crippen molar-refractivity contribution in [3.05, 3.63) is 53.7 Å². The van der Waals surface area contributed by atoms with Gasteiger partial charge in [-0.2, -0.15) is 5.10 Å². The number of hydrogen-bond donors (Lipinski definition) is 1. The van der Waals surface area contributed by atoms with E-state index in [1.165, 1.54) is 0 Å². The van der Waals surface area contributed by atoms with E-state index in [9.17, 15) is 13.2 Å². The molecule has 0 radical (unpaired) electrons. The molecule has 1 aromatic carbocycles. The molecule has 1 atom stereocenters. The van der Waals surface area contributed by atoms with E-state index in [1.807, 2.05) is 6.07 Å². The van der Waals surface area contributed by atoms with Crippen molar-refractivity contribution in [1.29, 1.82) is 0 Å². The smallest absolute Gasteiger partial charge is 0.200 e. The van der Waals surface area contributed by atoms with Gasteiger partial charge in [0.1, 0.15) is 11.6 Å². The van der Waals surface area contributed by atoms with Crippen molar-refractivity contribution in [1.82, 2.24) is 19.7 Å². The Labute approximate surface area is 130 Å². The predicted molar refractivity (Wildman–Crippen MR) is 77.9 cm³/mol. The van der Waals surface area contributed by atoms with Crippen LogP contribution in [0.15, 0.2) is 30.5 Å². The van der Waals surface area contributed by atoms with Gasteiger partial charge in [0.15, 0.2) is 17.3 Å². The lowest BCUT2D eigenvalue weighted by molar-refractivity contribution is 0.461. The third-order valence-corrected chi connectivity index (χ3v) is 3.56. The maximum Gasteiger partial charge on any atom is 0.200 e. The number of hydrogen-bond acceptors (Lipinski definition) is 4. The number of nitrogens with zero attached hydrogens (tertiary/aromatic N) is 4. The van der Waals surface area contributed by atoms with Crippen molar-refractivity contribution in [2.75, 3.05) is 0 Å². The summed E-state index contributed by atoms with van der Waals surface area (Å²) in [6.45, 7) is 0.845. The van der Waals surface area contributed by atoms with Crippen LogP contribution in [0, 0.1) is 17.5 Å². The fourth-order valence-electron chi connectivity index (χ4n) is 2.44. The third-order valence-electron chi connectivity index (χ3n) is 3.56. The van der Waals surface area contributed by atoms with Crippen LogP contribution in [-0.4, -0.2) is 25.8 Å². The van der Waals surface area contributed by atoms with Gasteiger partial charge in [-0.15, -0.1) is 5.10 Å². The molecule has 5 nitrogen and oxygen atoms in total. The van der Waals surface area contributed by atoms with Crippen LogP contribution >= 0.6 is 0 Å². The second-order valence-corrected chi connectivity index (χ2v) is 5.24. The number of rotatable bonds is 0. The molecule has 0 bridgehead atoms. The van der Waals surface area contributed by atoms with Crippen LogP contribution in [0.5, 0.6) is 0 Å². The molecular weight excluding hydrogens is 307 g/mol. The maximum atomic E-state index is 12.0. The Bertz CT molecular complexity index is 833. The standard InChI is InChI=1S/C9H11N5.C6H3F3/c10-6-1-2-8-12-9-7(14(8)5-6)3-4-11-13-9;7-4-1-2-5(8)6(9)3-4/h3-4,6H,1-2,5,10H2;1-3H/t6-;/m1./s1. The molecule has 2 aromatic heterocycles. The second kappa shape index (κ2) is 6.33. The lowest BCUT2D eigenvalue weighted by atomic mass is 10.1. The van der Waals surface area contributed by atoms with E-state index in [2.05, 4.69) is 19.7 Å². The van der Waals surface area contributed by atoms with Gasteiger partial charge < -0.3 is 10.3 Å². The SMILES string of the molecule is Fc1ccc(F)c(F)c1.N[C@@H]1CCc2nc3nnccc3n2C1. The van der Waals surface area contributed by atoms with Crippen LogP contribution in [0.1, 0.15) is 12.2 Å². The van der Waals surface area contributed by atoms with Gasteiger partial charge in [0.05, 0.1) is 11.7 Å². The first kappa shape index (κ1) is 15.4. The zero-order valence-corrected chi connectivity index (χ0v) is 12.1. The van der Waals surface area contributed by atoms with E-state index in [1.54, 1.807) is 6.20 Å². The molecule has 3 heterocycles. The monoisotopic (exact) mass is 321 g/mol. The van der Waals surface area contributed by atoms with Crippen molar-refractivity contribution < 1.29 is 13.2 Å². The Balaban J connectivity index is 0.000000151. The fourth-order valence-corrected chi connectivity index (χ4v) is 2.44. The average molecular weight is 321 g/mol. The highest BCUT2D eigenvalue weighted by molar-refractivity contribution is 5.70. The van der Waals surface area contributed by atoms with E-state index in [-0.39, 0.29) is 6.04 Å². The molecule has 23 heavy (non-hydrogen) atoms. The molecule has 3 aromatic rings. The molecule has 1 aliphatic rings. The number of nitrogens with two attached hydrogens (primary N) is 1. The Morgan fingerprint density at radius 3 is 2.70 bits per heavy atom. The summed E-state index contributed by atoms with van der Waals surface area (Å²) in [6, 6.07) is 4.28. The minimum absolute atomic E-state index is 0.244. The van der Waals surface area contributed by atoms with Crippen molar-refractivity contribution in [2.45, 2.75) is 25.4 Å². The van der Waals surface area contributed by atoms with Crippen LogP contribution in [0.4, 0.5) is 13.2 Å². The van der Waals surface area contributed by atoms with Crippen molar-refractivity contribution in [3.63, 3.8) is 0 Å². The zero-order valence-electron chi connectivity index (χ0n) is 12.1. The lowest BCUT2D eigenvalue weighted by Gasteiger charge is -2.20. The van der Waals surface area contributed by atoms with Gasteiger partial charge in [-0.05, 0) is 24.6 Å². The molecular formula is C15H14F3N5. The minimum atomic E-state index is -1.16. The van der Waals surface area contributed by atoms with Gasteiger partial charge in [-0.25, -0.2) is 18.2 Å². The van der Waals surface area contributed by atoms with Gasteiger partial charge in [0.2, 0.25) is 0 Å². The Kier molecular flexibility index (Phi) is 4.24. The second-order valence-electron chi connectivity index (χ2n) is 5.24. The van der Waals surface area contributed by atoms with Crippen LogP contribution < -0.4 is 5.73 Å². The highest BCUT2D eigenvalue weighted by atomic mass is 19.2. The quantitative estimate of drug-likeness (QED) is 0.645. The molecule has 8 heteroatoms. The Morgan fingerprint density at radius 1 is 1.13 bits per heavy atom. The fraction of sp³-hybridized carbons (Fsp3) is 0.267. The summed E-state index contributed by atoms with van der Waals surface area (Å²) in [5.74, 6) is -1.87. The molecule has 0 aliphatic carbocycles. The Morgan fingerprint density at radius 2 is 1.96 bits per heavy atom. The van der Waals surface area contributed by atoms with E-state index in [0.29, 0.717) is 6.07 Å². The summed E-state index contributed by atoms with van der Waals surface area (Å²) in [6.07, 6.45) is 3.64. The first-order chi connectivity index (χ1) is 11.0. The minimum Gasteiger partial charge on any atom is -0.326 e.